The Balaban J connectivity index is 1.83. The molecule has 0 aliphatic rings. The van der Waals surface area contributed by atoms with Gasteiger partial charge in [0.15, 0.2) is 0 Å². The van der Waals surface area contributed by atoms with Crippen LogP contribution in [0.1, 0.15) is 30.9 Å². The second-order valence-corrected chi connectivity index (χ2v) is 9.02. The van der Waals surface area contributed by atoms with Crippen LogP contribution in [0.15, 0.2) is 72.9 Å². The summed E-state index contributed by atoms with van der Waals surface area (Å²) in [6.07, 6.45) is 2.13. The average Bonchev–Trinajstić information content (AvgIpc) is 3.12. The van der Waals surface area contributed by atoms with Crippen LogP contribution in [0.3, 0.4) is 0 Å². The molecule has 0 atom stereocenters. The van der Waals surface area contributed by atoms with Crippen LogP contribution in [0.4, 0.5) is 5.69 Å². The van der Waals surface area contributed by atoms with Crippen molar-refractivity contribution in [1.29, 1.82) is 5.26 Å². The molecule has 0 saturated heterocycles. The number of anilines is 1. The van der Waals surface area contributed by atoms with E-state index in [0.717, 1.165) is 22.3 Å². The van der Waals surface area contributed by atoms with Crippen LogP contribution in [0.25, 0.3) is 27.7 Å². The summed E-state index contributed by atoms with van der Waals surface area (Å²) in [5.41, 5.74) is 6.32. The lowest BCUT2D eigenvalue weighted by Crippen LogP contribution is -2.21. The molecule has 0 spiro atoms. The number of nitrogens with two attached hydrogens (primary N) is 1. The van der Waals surface area contributed by atoms with Gasteiger partial charge in [-0.25, -0.2) is 5.14 Å². The fourth-order valence-electron chi connectivity index (χ4n) is 3.70. The van der Waals surface area contributed by atoms with E-state index in [9.17, 15) is 8.42 Å². The van der Waals surface area contributed by atoms with Gasteiger partial charge in [-0.3, -0.25) is 4.72 Å². The zero-order valence-corrected chi connectivity index (χ0v) is 18.0. The molecule has 0 bridgehead atoms. The lowest BCUT2D eigenvalue weighted by molar-refractivity contribution is 0.603. The summed E-state index contributed by atoms with van der Waals surface area (Å²) >= 11 is 0. The van der Waals surface area contributed by atoms with Gasteiger partial charge in [-0.1, -0.05) is 38.1 Å². The third kappa shape index (κ3) is 4.31. The molecule has 0 aliphatic heterocycles. The van der Waals surface area contributed by atoms with Crippen LogP contribution in [-0.2, 0) is 10.2 Å². The highest BCUT2D eigenvalue weighted by molar-refractivity contribution is 7.90. The smallest absolute Gasteiger partial charge is 0.296 e. The van der Waals surface area contributed by atoms with Crippen molar-refractivity contribution >= 4 is 26.8 Å². The highest BCUT2D eigenvalue weighted by atomic mass is 32.2. The quantitative estimate of drug-likeness (QED) is 0.470. The number of hydrogen-bond acceptors (Lipinski definition) is 3. The first kappa shape index (κ1) is 20.7. The number of nitrogens with one attached hydrogen (secondary N) is 1. The zero-order valence-electron chi connectivity index (χ0n) is 17.2. The van der Waals surface area contributed by atoms with E-state index in [1.807, 2.05) is 36.4 Å². The highest BCUT2D eigenvalue weighted by Crippen LogP contribution is 2.33. The maximum atomic E-state index is 11.3. The van der Waals surface area contributed by atoms with Crippen LogP contribution in [-0.4, -0.2) is 13.0 Å². The molecular formula is C24H22N4O2S. The summed E-state index contributed by atoms with van der Waals surface area (Å²) in [6, 6.07) is 23.1. The van der Waals surface area contributed by atoms with Gasteiger partial charge >= 0.3 is 0 Å². The van der Waals surface area contributed by atoms with E-state index in [4.69, 9.17) is 10.4 Å². The van der Waals surface area contributed by atoms with Crippen molar-refractivity contribution in [3.05, 3.63) is 84.1 Å². The standard InChI is InChI=1S/C24H22N4O2S/c1-16(2)23-15-28(21-10-8-20(9-11-21)27-31(26,29)30)24-13-19(7-12-22(23)24)18-5-3-17(14-25)4-6-18/h3-13,15-16,27H,1-2H3,(H2,26,29,30). The number of nitrogens with zero attached hydrogens (tertiary/aromatic N) is 2. The van der Waals surface area contributed by atoms with E-state index in [1.165, 1.54) is 10.9 Å². The van der Waals surface area contributed by atoms with Crippen molar-refractivity contribution in [3.8, 4) is 22.9 Å². The van der Waals surface area contributed by atoms with Gasteiger partial charge in [-0.05, 0) is 65.1 Å². The second-order valence-electron chi connectivity index (χ2n) is 7.72. The fourth-order valence-corrected chi connectivity index (χ4v) is 4.16. The van der Waals surface area contributed by atoms with Crippen molar-refractivity contribution in [2.75, 3.05) is 4.72 Å². The minimum absolute atomic E-state index is 0.341. The molecule has 3 aromatic carbocycles. The highest BCUT2D eigenvalue weighted by Gasteiger charge is 2.14. The average molecular weight is 431 g/mol. The van der Waals surface area contributed by atoms with Gasteiger partial charge in [0.05, 0.1) is 17.1 Å². The van der Waals surface area contributed by atoms with E-state index in [0.29, 0.717) is 17.2 Å². The van der Waals surface area contributed by atoms with Crippen molar-refractivity contribution in [1.82, 2.24) is 4.57 Å². The molecule has 0 saturated carbocycles. The number of rotatable bonds is 5. The third-order valence-corrected chi connectivity index (χ3v) is 5.73. The Morgan fingerprint density at radius 2 is 1.61 bits per heavy atom. The van der Waals surface area contributed by atoms with Crippen molar-refractivity contribution in [2.24, 2.45) is 5.14 Å². The minimum atomic E-state index is -3.81. The van der Waals surface area contributed by atoms with Crippen LogP contribution in [0, 0.1) is 11.3 Å². The third-order valence-electron chi connectivity index (χ3n) is 5.21. The maximum absolute atomic E-state index is 11.3. The minimum Gasteiger partial charge on any atom is -0.316 e. The van der Waals surface area contributed by atoms with Crippen molar-refractivity contribution in [3.63, 3.8) is 0 Å². The largest absolute Gasteiger partial charge is 0.316 e. The Kier molecular flexibility index (Phi) is 5.27. The lowest BCUT2D eigenvalue weighted by Gasteiger charge is -2.09. The fraction of sp³-hybridized carbons (Fsp3) is 0.125. The SMILES string of the molecule is CC(C)c1cn(-c2ccc(NS(N)(=O)=O)cc2)c2cc(-c3ccc(C#N)cc3)ccc12. The summed E-state index contributed by atoms with van der Waals surface area (Å²) in [5.74, 6) is 0.341. The van der Waals surface area contributed by atoms with E-state index in [-0.39, 0.29) is 0 Å². The van der Waals surface area contributed by atoms with Gasteiger partial charge < -0.3 is 4.57 Å². The van der Waals surface area contributed by atoms with Gasteiger partial charge in [0.2, 0.25) is 0 Å². The molecule has 3 N–H and O–H groups in total. The van der Waals surface area contributed by atoms with Gasteiger partial charge in [-0.15, -0.1) is 0 Å². The van der Waals surface area contributed by atoms with Gasteiger partial charge in [0.1, 0.15) is 0 Å². The predicted molar refractivity (Wildman–Crippen MR) is 124 cm³/mol. The Morgan fingerprint density at radius 1 is 0.968 bits per heavy atom. The molecule has 0 amide bonds. The second kappa shape index (κ2) is 7.91. The number of benzene rings is 3. The summed E-state index contributed by atoms with van der Waals surface area (Å²) in [4.78, 5) is 0. The Bertz CT molecular complexity index is 1400. The normalized spacial score (nSPS) is 11.6. The lowest BCUT2D eigenvalue weighted by atomic mass is 9.99. The Hall–Kier alpha value is -3.60. The molecule has 1 heterocycles. The topological polar surface area (TPSA) is 101 Å². The predicted octanol–water partition coefficient (Wildman–Crippen LogP) is 4.91. The van der Waals surface area contributed by atoms with Gasteiger partial charge in [0, 0.05) is 23.0 Å². The zero-order chi connectivity index (χ0) is 22.2. The number of aromatic nitrogens is 1. The van der Waals surface area contributed by atoms with E-state index in [1.54, 1.807) is 12.1 Å². The van der Waals surface area contributed by atoms with Crippen LogP contribution < -0.4 is 9.86 Å². The Labute approximate surface area is 181 Å². The van der Waals surface area contributed by atoms with Crippen LogP contribution in [0.5, 0.6) is 0 Å². The molecular weight excluding hydrogens is 408 g/mol. The summed E-state index contributed by atoms with van der Waals surface area (Å²) in [7, 11) is -3.81. The Morgan fingerprint density at radius 3 is 2.19 bits per heavy atom. The van der Waals surface area contributed by atoms with E-state index < -0.39 is 10.2 Å². The monoisotopic (exact) mass is 430 g/mol. The number of nitriles is 1. The first-order chi connectivity index (χ1) is 14.7. The molecule has 0 radical (unpaired) electrons. The number of fused-ring (bicyclic) bond motifs is 1. The molecule has 156 valence electrons. The van der Waals surface area contributed by atoms with E-state index in [2.05, 4.69) is 53.6 Å². The molecule has 6 nitrogen and oxygen atoms in total. The first-order valence-electron chi connectivity index (χ1n) is 9.81. The van der Waals surface area contributed by atoms with Crippen molar-refractivity contribution < 1.29 is 8.42 Å². The molecule has 4 aromatic rings. The van der Waals surface area contributed by atoms with Crippen LogP contribution in [0.2, 0.25) is 0 Å². The molecule has 4 rings (SSSR count). The molecule has 7 heteroatoms. The molecule has 31 heavy (non-hydrogen) atoms. The number of hydrogen-bond donors (Lipinski definition) is 2. The van der Waals surface area contributed by atoms with E-state index >= 15 is 0 Å². The molecule has 0 aliphatic carbocycles. The molecule has 1 aromatic heterocycles. The van der Waals surface area contributed by atoms with Crippen LogP contribution >= 0.6 is 0 Å². The van der Waals surface area contributed by atoms with Crippen molar-refractivity contribution in [2.45, 2.75) is 19.8 Å². The molecule has 0 fully saturated rings. The summed E-state index contributed by atoms with van der Waals surface area (Å²) in [5, 5.41) is 15.3. The van der Waals surface area contributed by atoms with Gasteiger partial charge in [-0.2, -0.15) is 13.7 Å². The maximum Gasteiger partial charge on any atom is 0.296 e. The molecule has 0 unspecified atom stereocenters. The first-order valence-corrected chi connectivity index (χ1v) is 11.4. The summed E-state index contributed by atoms with van der Waals surface area (Å²) < 4.78 is 26.9. The summed E-state index contributed by atoms with van der Waals surface area (Å²) in [6.45, 7) is 4.32. The van der Waals surface area contributed by atoms with Gasteiger partial charge in [0.25, 0.3) is 10.2 Å².